The summed E-state index contributed by atoms with van der Waals surface area (Å²) < 4.78 is 1.84. The van der Waals surface area contributed by atoms with E-state index in [0.29, 0.717) is 28.5 Å². The van der Waals surface area contributed by atoms with Gasteiger partial charge in [-0.3, -0.25) is 0 Å². The van der Waals surface area contributed by atoms with E-state index in [-0.39, 0.29) is 0 Å². The van der Waals surface area contributed by atoms with Gasteiger partial charge in [0, 0.05) is 16.3 Å². The Balaban J connectivity index is 2.09. The molecule has 17 heavy (non-hydrogen) atoms. The van der Waals surface area contributed by atoms with E-state index in [2.05, 4.69) is 22.4 Å². The smallest absolute Gasteiger partial charge is 0.184 e. The van der Waals surface area contributed by atoms with E-state index in [1.807, 2.05) is 4.68 Å². The molecule has 0 bridgehead atoms. The monoisotopic (exact) mass is 249 g/mol. The molecule has 0 aliphatic heterocycles. The molecule has 1 heterocycles. The van der Waals surface area contributed by atoms with Crippen LogP contribution in [0.5, 0.6) is 0 Å². The van der Waals surface area contributed by atoms with E-state index in [9.17, 15) is 0 Å². The molecular formula is C11H12ClN5. The van der Waals surface area contributed by atoms with Crippen molar-refractivity contribution in [2.45, 2.75) is 19.4 Å². The Bertz CT molecular complexity index is 565. The van der Waals surface area contributed by atoms with E-state index < -0.39 is 0 Å². The third kappa shape index (κ3) is 1.76. The zero-order valence-corrected chi connectivity index (χ0v) is 10.1. The molecule has 0 radical (unpaired) electrons. The summed E-state index contributed by atoms with van der Waals surface area (Å²) in [6.45, 7) is 2.18. The van der Waals surface area contributed by atoms with Crippen molar-refractivity contribution in [3.8, 4) is 11.4 Å². The van der Waals surface area contributed by atoms with E-state index >= 15 is 0 Å². The highest BCUT2D eigenvalue weighted by atomic mass is 35.5. The van der Waals surface area contributed by atoms with Crippen LogP contribution in [0.1, 0.15) is 19.4 Å². The first-order valence-electron chi connectivity index (χ1n) is 5.50. The highest BCUT2D eigenvalue weighted by molar-refractivity contribution is 6.31. The molecule has 2 aromatic rings. The number of nitrogen functional groups attached to an aromatic ring is 1. The molecule has 3 rings (SSSR count). The van der Waals surface area contributed by atoms with Crippen LogP contribution in [0.25, 0.3) is 11.4 Å². The van der Waals surface area contributed by atoms with Crippen molar-refractivity contribution in [2.75, 3.05) is 5.73 Å². The van der Waals surface area contributed by atoms with Gasteiger partial charge >= 0.3 is 0 Å². The molecule has 5 nitrogen and oxygen atoms in total. The average Bonchev–Trinajstić information content (AvgIpc) is 2.85. The van der Waals surface area contributed by atoms with Gasteiger partial charge in [-0.1, -0.05) is 18.5 Å². The summed E-state index contributed by atoms with van der Waals surface area (Å²) in [7, 11) is 0. The molecule has 1 aliphatic rings. The van der Waals surface area contributed by atoms with Gasteiger partial charge in [0.15, 0.2) is 5.82 Å². The fraction of sp³-hybridized carbons (Fsp3) is 0.364. The van der Waals surface area contributed by atoms with Crippen LogP contribution in [-0.4, -0.2) is 20.2 Å². The van der Waals surface area contributed by atoms with Crippen molar-refractivity contribution in [2.24, 2.45) is 5.92 Å². The molecular weight excluding hydrogens is 238 g/mol. The van der Waals surface area contributed by atoms with E-state index in [1.165, 1.54) is 0 Å². The van der Waals surface area contributed by atoms with Crippen LogP contribution in [0.3, 0.4) is 0 Å². The molecule has 2 N–H and O–H groups in total. The van der Waals surface area contributed by atoms with Crippen molar-refractivity contribution < 1.29 is 0 Å². The number of hydrogen-bond donors (Lipinski definition) is 1. The van der Waals surface area contributed by atoms with Gasteiger partial charge in [0.2, 0.25) is 0 Å². The maximum atomic E-state index is 5.98. The zero-order chi connectivity index (χ0) is 12.0. The van der Waals surface area contributed by atoms with Crippen molar-refractivity contribution in [3.63, 3.8) is 0 Å². The summed E-state index contributed by atoms with van der Waals surface area (Å²) in [6.07, 6.45) is 1.11. The Morgan fingerprint density at radius 2 is 2.24 bits per heavy atom. The zero-order valence-electron chi connectivity index (χ0n) is 9.34. The van der Waals surface area contributed by atoms with Crippen LogP contribution in [0.2, 0.25) is 5.02 Å². The quantitative estimate of drug-likeness (QED) is 0.828. The minimum absolute atomic E-state index is 0.387. The van der Waals surface area contributed by atoms with E-state index in [1.54, 1.807) is 18.2 Å². The maximum Gasteiger partial charge on any atom is 0.184 e. The number of aromatic nitrogens is 4. The lowest BCUT2D eigenvalue weighted by molar-refractivity contribution is 0.584. The number of nitrogens with zero attached hydrogens (tertiary/aromatic N) is 4. The molecule has 1 aliphatic carbocycles. The number of benzene rings is 1. The molecule has 0 saturated heterocycles. The van der Waals surface area contributed by atoms with Gasteiger partial charge in [-0.15, -0.1) is 5.10 Å². The second-order valence-corrected chi connectivity index (χ2v) is 4.90. The van der Waals surface area contributed by atoms with Crippen LogP contribution in [0.15, 0.2) is 18.2 Å². The molecule has 0 spiro atoms. The third-order valence-electron chi connectivity index (χ3n) is 3.13. The van der Waals surface area contributed by atoms with E-state index in [4.69, 9.17) is 17.3 Å². The van der Waals surface area contributed by atoms with Gasteiger partial charge in [0.1, 0.15) is 0 Å². The molecule has 2 atom stereocenters. The van der Waals surface area contributed by atoms with Crippen LogP contribution in [0, 0.1) is 5.92 Å². The van der Waals surface area contributed by atoms with Gasteiger partial charge in [0.25, 0.3) is 0 Å². The first kappa shape index (κ1) is 10.5. The molecule has 1 fully saturated rings. The Kier molecular flexibility index (Phi) is 2.29. The fourth-order valence-corrected chi connectivity index (χ4v) is 2.13. The lowest BCUT2D eigenvalue weighted by Gasteiger charge is -2.06. The summed E-state index contributed by atoms with van der Waals surface area (Å²) >= 11 is 5.98. The van der Waals surface area contributed by atoms with E-state index in [0.717, 1.165) is 12.0 Å². The van der Waals surface area contributed by atoms with Crippen molar-refractivity contribution in [1.29, 1.82) is 0 Å². The van der Waals surface area contributed by atoms with Gasteiger partial charge in [0.05, 0.1) is 6.04 Å². The van der Waals surface area contributed by atoms with Crippen LogP contribution in [-0.2, 0) is 0 Å². The van der Waals surface area contributed by atoms with Gasteiger partial charge in [-0.2, -0.15) is 0 Å². The first-order chi connectivity index (χ1) is 8.16. The summed E-state index contributed by atoms with van der Waals surface area (Å²) in [6, 6.07) is 5.71. The minimum atomic E-state index is 0.387. The second-order valence-electron chi connectivity index (χ2n) is 4.46. The topological polar surface area (TPSA) is 69.6 Å². The highest BCUT2D eigenvalue weighted by Gasteiger charge is 2.37. The number of hydrogen-bond acceptors (Lipinski definition) is 4. The number of halogens is 1. The number of anilines is 1. The number of nitrogens with two attached hydrogens (primary N) is 1. The predicted molar refractivity (Wildman–Crippen MR) is 65.5 cm³/mol. The summed E-state index contributed by atoms with van der Waals surface area (Å²) in [5.74, 6) is 1.32. The lowest BCUT2D eigenvalue weighted by atomic mass is 10.1. The summed E-state index contributed by atoms with van der Waals surface area (Å²) in [4.78, 5) is 0. The second kappa shape index (κ2) is 3.70. The molecule has 88 valence electrons. The molecule has 1 saturated carbocycles. The fourth-order valence-electron chi connectivity index (χ4n) is 1.96. The largest absolute Gasteiger partial charge is 0.398 e. The van der Waals surface area contributed by atoms with Crippen molar-refractivity contribution >= 4 is 17.3 Å². The van der Waals surface area contributed by atoms with Crippen molar-refractivity contribution in [1.82, 2.24) is 20.2 Å². The lowest BCUT2D eigenvalue weighted by Crippen LogP contribution is -2.03. The van der Waals surface area contributed by atoms with Crippen LogP contribution in [0.4, 0.5) is 5.69 Å². The maximum absolute atomic E-state index is 5.98. The summed E-state index contributed by atoms with van der Waals surface area (Å²) in [5.41, 5.74) is 7.37. The normalized spacial score (nSPS) is 22.7. The average molecular weight is 250 g/mol. The molecule has 1 aromatic heterocycles. The Morgan fingerprint density at radius 3 is 2.94 bits per heavy atom. The van der Waals surface area contributed by atoms with Crippen LogP contribution >= 0.6 is 11.6 Å². The van der Waals surface area contributed by atoms with Gasteiger partial charge in [-0.25, -0.2) is 4.68 Å². The predicted octanol–water partition coefficient (Wildman–Crippen LogP) is 2.16. The Hall–Kier alpha value is -1.62. The number of rotatable bonds is 2. The first-order valence-corrected chi connectivity index (χ1v) is 5.88. The molecule has 2 unspecified atom stereocenters. The minimum Gasteiger partial charge on any atom is -0.398 e. The standard InChI is InChI=1S/C11H12ClN5/c1-6-4-10(6)17-11(14-15-16-17)8-5-7(12)2-3-9(8)13/h2-3,5-6,10H,4,13H2,1H3. The number of tetrazole rings is 1. The van der Waals surface area contributed by atoms with Gasteiger partial charge < -0.3 is 5.73 Å². The summed E-state index contributed by atoms with van der Waals surface area (Å²) in [5, 5.41) is 12.4. The molecule has 1 aromatic carbocycles. The molecule has 0 amide bonds. The van der Waals surface area contributed by atoms with Crippen LogP contribution < -0.4 is 5.73 Å². The SMILES string of the molecule is CC1CC1n1nnnc1-c1cc(Cl)ccc1N. The highest BCUT2D eigenvalue weighted by Crippen LogP contribution is 2.44. The molecule has 6 heteroatoms. The Morgan fingerprint density at radius 1 is 1.47 bits per heavy atom. The van der Waals surface area contributed by atoms with Gasteiger partial charge in [-0.05, 0) is 41.0 Å². The van der Waals surface area contributed by atoms with Crippen molar-refractivity contribution in [3.05, 3.63) is 23.2 Å². The Labute approximate surface area is 104 Å². The third-order valence-corrected chi connectivity index (χ3v) is 3.37.